The van der Waals surface area contributed by atoms with Gasteiger partial charge in [0, 0.05) is 30.8 Å². The van der Waals surface area contributed by atoms with Crippen LogP contribution in [-0.4, -0.2) is 56.2 Å². The van der Waals surface area contributed by atoms with Gasteiger partial charge in [-0.1, -0.05) is 12.1 Å². The van der Waals surface area contributed by atoms with Gasteiger partial charge in [0.05, 0.1) is 0 Å². The van der Waals surface area contributed by atoms with E-state index < -0.39 is 0 Å². The number of benzene rings is 1. The number of nitrogens with zero attached hydrogens (tertiary/aromatic N) is 4. The Morgan fingerprint density at radius 3 is 2.65 bits per heavy atom. The molecule has 2 N–H and O–H groups in total. The van der Waals surface area contributed by atoms with E-state index in [1.165, 1.54) is 0 Å². The molecule has 0 saturated carbocycles. The molecular formula is C13H17N5O2. The predicted molar refractivity (Wildman–Crippen MR) is 72.9 cm³/mol. The Labute approximate surface area is 116 Å². The fourth-order valence-electron chi connectivity index (χ4n) is 1.89. The lowest BCUT2D eigenvalue weighted by atomic mass is 10.1. The number of carbonyl (C=O) groups excluding carboxylic acids is 1. The van der Waals surface area contributed by atoms with Crippen molar-refractivity contribution in [2.24, 2.45) is 0 Å². The molecule has 0 aliphatic heterocycles. The minimum Gasteiger partial charge on any atom is -0.396 e. The lowest BCUT2D eigenvalue weighted by Crippen LogP contribution is -2.32. The molecule has 106 valence electrons. The zero-order chi connectivity index (χ0) is 14.4. The van der Waals surface area contributed by atoms with E-state index in [4.69, 9.17) is 5.11 Å². The first kappa shape index (κ1) is 14.1. The molecule has 0 fully saturated rings. The lowest BCUT2D eigenvalue weighted by Gasteiger charge is -2.20. The smallest absolute Gasteiger partial charge is 0.253 e. The summed E-state index contributed by atoms with van der Waals surface area (Å²) in [4.78, 5) is 14.0. The zero-order valence-corrected chi connectivity index (χ0v) is 11.3. The second-order valence-corrected chi connectivity index (χ2v) is 4.27. The van der Waals surface area contributed by atoms with Gasteiger partial charge in [0.15, 0.2) is 0 Å². The first-order valence-electron chi connectivity index (χ1n) is 6.50. The highest BCUT2D eigenvalue weighted by Crippen LogP contribution is 2.15. The van der Waals surface area contributed by atoms with Crippen molar-refractivity contribution in [3.05, 3.63) is 29.8 Å². The van der Waals surface area contributed by atoms with Crippen molar-refractivity contribution in [2.45, 2.75) is 13.3 Å². The molecule has 1 amide bonds. The molecule has 20 heavy (non-hydrogen) atoms. The fraction of sp³-hybridized carbons (Fsp3) is 0.385. The number of aromatic amines is 1. The van der Waals surface area contributed by atoms with Crippen LogP contribution in [0.15, 0.2) is 24.3 Å². The SMILES string of the molecule is CCN(CCCO)C(=O)c1ccc(-c2nn[nH]n2)cc1. The van der Waals surface area contributed by atoms with Crippen molar-refractivity contribution < 1.29 is 9.90 Å². The van der Waals surface area contributed by atoms with Crippen molar-refractivity contribution in [1.29, 1.82) is 0 Å². The number of aliphatic hydroxyl groups is 1. The van der Waals surface area contributed by atoms with Crippen LogP contribution in [0.5, 0.6) is 0 Å². The molecule has 7 heteroatoms. The summed E-state index contributed by atoms with van der Waals surface area (Å²) in [6.07, 6.45) is 0.584. The van der Waals surface area contributed by atoms with E-state index >= 15 is 0 Å². The molecule has 1 aromatic carbocycles. The summed E-state index contributed by atoms with van der Waals surface area (Å²) >= 11 is 0. The molecule has 0 aliphatic carbocycles. The molecule has 0 spiro atoms. The summed E-state index contributed by atoms with van der Waals surface area (Å²) in [5.74, 6) is 0.456. The predicted octanol–water partition coefficient (Wildman–Crippen LogP) is 0.711. The quantitative estimate of drug-likeness (QED) is 0.809. The van der Waals surface area contributed by atoms with Crippen LogP contribution >= 0.6 is 0 Å². The van der Waals surface area contributed by atoms with Crippen LogP contribution < -0.4 is 0 Å². The highest BCUT2D eigenvalue weighted by atomic mass is 16.3. The minimum atomic E-state index is -0.0411. The summed E-state index contributed by atoms with van der Waals surface area (Å²) in [6, 6.07) is 7.07. The average Bonchev–Trinajstić information content (AvgIpc) is 3.02. The molecule has 2 aromatic rings. The molecule has 0 bridgehead atoms. The van der Waals surface area contributed by atoms with Gasteiger partial charge in [0.25, 0.3) is 5.91 Å². The van der Waals surface area contributed by atoms with Crippen LogP contribution in [-0.2, 0) is 0 Å². The Kier molecular flexibility index (Phi) is 4.78. The molecule has 0 unspecified atom stereocenters. The van der Waals surface area contributed by atoms with Crippen molar-refractivity contribution >= 4 is 5.91 Å². The molecule has 7 nitrogen and oxygen atoms in total. The van der Waals surface area contributed by atoms with Gasteiger partial charge < -0.3 is 10.0 Å². The maximum atomic E-state index is 12.3. The van der Waals surface area contributed by atoms with E-state index in [-0.39, 0.29) is 12.5 Å². The van der Waals surface area contributed by atoms with Crippen LogP contribution in [0.25, 0.3) is 11.4 Å². The van der Waals surface area contributed by atoms with E-state index in [2.05, 4.69) is 20.6 Å². The molecule has 0 radical (unpaired) electrons. The van der Waals surface area contributed by atoms with E-state index in [0.717, 1.165) is 5.56 Å². The Balaban J connectivity index is 2.10. The van der Waals surface area contributed by atoms with E-state index in [9.17, 15) is 4.79 Å². The maximum Gasteiger partial charge on any atom is 0.253 e. The normalized spacial score (nSPS) is 10.5. The number of nitrogens with one attached hydrogen (secondary N) is 1. The highest BCUT2D eigenvalue weighted by Gasteiger charge is 2.14. The molecule has 0 saturated heterocycles. The molecule has 1 aromatic heterocycles. The molecular weight excluding hydrogens is 258 g/mol. The topological polar surface area (TPSA) is 95.0 Å². The molecule has 0 aliphatic rings. The number of hydrogen-bond acceptors (Lipinski definition) is 5. The largest absolute Gasteiger partial charge is 0.396 e. The van der Waals surface area contributed by atoms with Gasteiger partial charge in [-0.3, -0.25) is 4.79 Å². The van der Waals surface area contributed by atoms with Crippen LogP contribution in [0.4, 0.5) is 0 Å². The average molecular weight is 275 g/mol. The first-order chi connectivity index (χ1) is 9.76. The van der Waals surface area contributed by atoms with Crippen molar-refractivity contribution in [2.75, 3.05) is 19.7 Å². The Morgan fingerprint density at radius 2 is 2.10 bits per heavy atom. The Hall–Kier alpha value is -2.28. The Bertz CT molecular complexity index is 538. The van der Waals surface area contributed by atoms with Gasteiger partial charge in [0.2, 0.25) is 5.82 Å². The number of H-pyrrole nitrogens is 1. The van der Waals surface area contributed by atoms with Gasteiger partial charge >= 0.3 is 0 Å². The zero-order valence-electron chi connectivity index (χ0n) is 11.3. The number of tetrazole rings is 1. The maximum absolute atomic E-state index is 12.3. The number of aliphatic hydroxyl groups excluding tert-OH is 1. The fourth-order valence-corrected chi connectivity index (χ4v) is 1.89. The summed E-state index contributed by atoms with van der Waals surface area (Å²) in [7, 11) is 0. The van der Waals surface area contributed by atoms with E-state index in [1.54, 1.807) is 29.2 Å². The summed E-state index contributed by atoms with van der Waals surface area (Å²) < 4.78 is 0. The van der Waals surface area contributed by atoms with Gasteiger partial charge in [-0.05, 0) is 30.7 Å². The molecule has 2 rings (SSSR count). The van der Waals surface area contributed by atoms with Crippen molar-refractivity contribution in [3.63, 3.8) is 0 Å². The Morgan fingerprint density at radius 1 is 1.35 bits per heavy atom. The summed E-state index contributed by atoms with van der Waals surface area (Å²) in [5, 5.41) is 22.5. The monoisotopic (exact) mass is 275 g/mol. The van der Waals surface area contributed by atoms with Crippen LogP contribution in [0.1, 0.15) is 23.7 Å². The number of aromatic nitrogens is 4. The second-order valence-electron chi connectivity index (χ2n) is 4.27. The standard InChI is InChI=1S/C13H17N5O2/c1-2-18(8-3-9-19)13(20)11-6-4-10(5-7-11)12-14-16-17-15-12/h4-7,19H,2-3,8-9H2,1H3,(H,14,15,16,17). The van der Waals surface area contributed by atoms with E-state index in [0.29, 0.717) is 30.9 Å². The van der Waals surface area contributed by atoms with Gasteiger partial charge in [0.1, 0.15) is 0 Å². The van der Waals surface area contributed by atoms with E-state index in [1.807, 2.05) is 6.92 Å². The van der Waals surface area contributed by atoms with Crippen molar-refractivity contribution in [3.8, 4) is 11.4 Å². The molecule has 1 heterocycles. The van der Waals surface area contributed by atoms with Crippen molar-refractivity contribution in [1.82, 2.24) is 25.5 Å². The highest BCUT2D eigenvalue weighted by molar-refractivity contribution is 5.94. The number of rotatable bonds is 6. The lowest BCUT2D eigenvalue weighted by molar-refractivity contribution is 0.0754. The van der Waals surface area contributed by atoms with Gasteiger partial charge in [-0.25, -0.2) is 0 Å². The summed E-state index contributed by atoms with van der Waals surface area (Å²) in [5.41, 5.74) is 1.41. The van der Waals surface area contributed by atoms with Crippen LogP contribution in [0, 0.1) is 0 Å². The van der Waals surface area contributed by atoms with Crippen LogP contribution in [0.2, 0.25) is 0 Å². The third-order valence-electron chi connectivity index (χ3n) is 2.99. The van der Waals surface area contributed by atoms with Crippen LogP contribution in [0.3, 0.4) is 0 Å². The third kappa shape index (κ3) is 3.18. The minimum absolute atomic E-state index is 0.0411. The second kappa shape index (κ2) is 6.76. The molecule has 0 atom stereocenters. The van der Waals surface area contributed by atoms with Gasteiger partial charge in [-0.15, -0.1) is 10.2 Å². The third-order valence-corrected chi connectivity index (χ3v) is 2.99. The number of hydrogen-bond donors (Lipinski definition) is 2. The summed E-state index contributed by atoms with van der Waals surface area (Å²) in [6.45, 7) is 3.17. The number of carbonyl (C=O) groups is 1. The number of amides is 1. The van der Waals surface area contributed by atoms with Gasteiger partial charge in [-0.2, -0.15) is 5.21 Å². The first-order valence-corrected chi connectivity index (χ1v) is 6.50.